The second-order valence-electron chi connectivity index (χ2n) is 6.54. The van der Waals surface area contributed by atoms with Crippen LogP contribution in [-0.2, 0) is 22.0 Å². The molecule has 0 aliphatic heterocycles. The van der Waals surface area contributed by atoms with Crippen molar-refractivity contribution in [3.8, 4) is 0 Å². The maximum atomic E-state index is 13.7. The number of aryl methyl sites for hydroxylation is 2. The molecule has 1 heterocycles. The van der Waals surface area contributed by atoms with Crippen LogP contribution < -0.4 is 5.32 Å². The molecule has 0 saturated heterocycles. The molecule has 3 aromatic rings. The zero-order valence-corrected chi connectivity index (χ0v) is 16.6. The van der Waals surface area contributed by atoms with Crippen LogP contribution >= 0.6 is 0 Å². The van der Waals surface area contributed by atoms with Gasteiger partial charge in [0, 0.05) is 24.1 Å². The molecule has 1 aromatic heterocycles. The van der Waals surface area contributed by atoms with Crippen LogP contribution in [0.15, 0.2) is 58.2 Å². The number of hydrogen-bond acceptors (Lipinski definition) is 6. The van der Waals surface area contributed by atoms with Gasteiger partial charge in [-0.3, -0.25) is 4.79 Å². The number of amides is 1. The SMILES string of the molecule is Cc1ccc(C(=O)NCCCc2nnc(S(=O)(=O)Cc3ccccc3F)o2)cc1. The molecule has 29 heavy (non-hydrogen) atoms. The van der Waals surface area contributed by atoms with Gasteiger partial charge in [0.25, 0.3) is 5.91 Å². The van der Waals surface area contributed by atoms with Gasteiger partial charge in [-0.25, -0.2) is 12.8 Å². The number of nitrogens with zero attached hydrogens (tertiary/aromatic N) is 2. The fourth-order valence-corrected chi connectivity index (χ4v) is 3.75. The summed E-state index contributed by atoms with van der Waals surface area (Å²) in [4.78, 5) is 12.0. The highest BCUT2D eigenvalue weighted by molar-refractivity contribution is 7.90. The van der Waals surface area contributed by atoms with Crippen molar-refractivity contribution in [1.82, 2.24) is 15.5 Å². The lowest BCUT2D eigenvalue weighted by atomic mass is 10.1. The Bertz CT molecular complexity index is 1090. The van der Waals surface area contributed by atoms with Crippen LogP contribution in [0.2, 0.25) is 0 Å². The quantitative estimate of drug-likeness (QED) is 0.566. The molecule has 1 N–H and O–H groups in total. The zero-order valence-electron chi connectivity index (χ0n) is 15.8. The topological polar surface area (TPSA) is 102 Å². The Morgan fingerprint density at radius 1 is 1.10 bits per heavy atom. The number of carbonyl (C=O) groups excluding carboxylic acids is 1. The first-order valence-electron chi connectivity index (χ1n) is 8.98. The van der Waals surface area contributed by atoms with Crippen LogP contribution in [0.1, 0.15) is 33.8 Å². The Labute approximate surface area is 167 Å². The number of sulfone groups is 1. The van der Waals surface area contributed by atoms with E-state index in [1.807, 2.05) is 19.1 Å². The molecule has 152 valence electrons. The number of nitrogens with one attached hydrogen (secondary N) is 1. The van der Waals surface area contributed by atoms with Gasteiger partial charge in [0.05, 0.1) is 5.75 Å². The summed E-state index contributed by atoms with van der Waals surface area (Å²) in [5.74, 6) is -1.22. The van der Waals surface area contributed by atoms with E-state index in [9.17, 15) is 17.6 Å². The molecule has 0 aliphatic carbocycles. The van der Waals surface area contributed by atoms with E-state index in [-0.39, 0.29) is 17.4 Å². The fourth-order valence-electron chi connectivity index (χ4n) is 2.60. The Hall–Kier alpha value is -3.07. The van der Waals surface area contributed by atoms with E-state index in [0.717, 1.165) is 5.56 Å². The second-order valence-corrected chi connectivity index (χ2v) is 8.41. The normalized spacial score (nSPS) is 11.4. The van der Waals surface area contributed by atoms with Crippen LogP contribution in [0.5, 0.6) is 0 Å². The lowest BCUT2D eigenvalue weighted by Gasteiger charge is -2.04. The summed E-state index contributed by atoms with van der Waals surface area (Å²) in [7, 11) is -3.95. The fraction of sp³-hybridized carbons (Fsp3) is 0.250. The largest absolute Gasteiger partial charge is 0.413 e. The average Bonchev–Trinajstić information content (AvgIpc) is 3.17. The Balaban J connectivity index is 1.51. The van der Waals surface area contributed by atoms with Crippen molar-refractivity contribution in [3.63, 3.8) is 0 Å². The van der Waals surface area contributed by atoms with Crippen molar-refractivity contribution in [3.05, 3.63) is 76.9 Å². The molecule has 0 spiro atoms. The summed E-state index contributed by atoms with van der Waals surface area (Å²) < 4.78 is 43.6. The van der Waals surface area contributed by atoms with Gasteiger partial charge in [-0.15, -0.1) is 5.10 Å². The first-order valence-corrected chi connectivity index (χ1v) is 10.6. The van der Waals surface area contributed by atoms with Crippen molar-refractivity contribution >= 4 is 15.7 Å². The minimum atomic E-state index is -3.95. The molecule has 0 unspecified atom stereocenters. The minimum absolute atomic E-state index is 0.0334. The van der Waals surface area contributed by atoms with Crippen LogP contribution in [0.3, 0.4) is 0 Å². The van der Waals surface area contributed by atoms with E-state index in [4.69, 9.17) is 4.42 Å². The average molecular weight is 417 g/mol. The number of benzene rings is 2. The van der Waals surface area contributed by atoms with E-state index in [2.05, 4.69) is 15.5 Å². The Kier molecular flexibility index (Phi) is 6.38. The van der Waals surface area contributed by atoms with Crippen LogP contribution in [-0.4, -0.2) is 31.1 Å². The molecule has 7 nitrogen and oxygen atoms in total. The third-order valence-electron chi connectivity index (χ3n) is 4.18. The van der Waals surface area contributed by atoms with Gasteiger partial charge in [-0.2, -0.15) is 0 Å². The highest BCUT2D eigenvalue weighted by Crippen LogP contribution is 2.17. The van der Waals surface area contributed by atoms with Crippen LogP contribution in [0.25, 0.3) is 0 Å². The molecule has 2 aromatic carbocycles. The molecule has 0 bridgehead atoms. The summed E-state index contributed by atoms with van der Waals surface area (Å²) in [5, 5.41) is 9.53. The van der Waals surface area contributed by atoms with Gasteiger partial charge in [0.15, 0.2) is 0 Å². The lowest BCUT2D eigenvalue weighted by molar-refractivity contribution is 0.0953. The van der Waals surface area contributed by atoms with E-state index in [0.29, 0.717) is 24.9 Å². The number of halogens is 1. The van der Waals surface area contributed by atoms with E-state index >= 15 is 0 Å². The van der Waals surface area contributed by atoms with E-state index in [1.54, 1.807) is 18.2 Å². The zero-order chi connectivity index (χ0) is 20.9. The van der Waals surface area contributed by atoms with Crippen LogP contribution in [0.4, 0.5) is 4.39 Å². The molecule has 9 heteroatoms. The minimum Gasteiger partial charge on any atom is -0.413 e. The number of aromatic nitrogens is 2. The highest BCUT2D eigenvalue weighted by Gasteiger charge is 2.24. The number of hydrogen-bond donors (Lipinski definition) is 1. The molecule has 0 aliphatic rings. The van der Waals surface area contributed by atoms with Gasteiger partial charge >= 0.3 is 5.22 Å². The predicted octanol–water partition coefficient (Wildman–Crippen LogP) is 2.85. The third kappa shape index (κ3) is 5.47. The van der Waals surface area contributed by atoms with Gasteiger partial charge in [-0.1, -0.05) is 41.0 Å². The molecule has 0 radical (unpaired) electrons. The summed E-state index contributed by atoms with van der Waals surface area (Å²) in [6.07, 6.45) is 0.795. The molecular weight excluding hydrogens is 397 g/mol. The molecular formula is C20H20FN3O4S. The highest BCUT2D eigenvalue weighted by atomic mass is 32.2. The standard InChI is InChI=1S/C20H20FN3O4S/c1-14-8-10-15(11-9-14)19(25)22-12-4-7-18-23-24-20(28-18)29(26,27)13-16-5-2-3-6-17(16)21/h2-3,5-6,8-11H,4,7,12-13H2,1H3,(H,22,25). The first kappa shape index (κ1) is 20.7. The van der Waals surface area contributed by atoms with Gasteiger partial charge in [-0.05, 0) is 31.5 Å². The molecule has 1 amide bonds. The van der Waals surface area contributed by atoms with Crippen molar-refractivity contribution in [2.24, 2.45) is 0 Å². The Morgan fingerprint density at radius 3 is 2.55 bits per heavy atom. The molecule has 3 rings (SSSR count). The Morgan fingerprint density at radius 2 is 1.83 bits per heavy atom. The van der Waals surface area contributed by atoms with Crippen molar-refractivity contribution < 1.29 is 22.0 Å². The van der Waals surface area contributed by atoms with Crippen LogP contribution in [0, 0.1) is 12.7 Å². The van der Waals surface area contributed by atoms with E-state index in [1.165, 1.54) is 18.2 Å². The van der Waals surface area contributed by atoms with Crippen molar-refractivity contribution in [1.29, 1.82) is 0 Å². The maximum Gasteiger partial charge on any atom is 0.335 e. The van der Waals surface area contributed by atoms with Crippen molar-refractivity contribution in [2.45, 2.75) is 30.7 Å². The maximum absolute atomic E-state index is 13.7. The van der Waals surface area contributed by atoms with Gasteiger partial charge < -0.3 is 9.73 Å². The monoisotopic (exact) mass is 417 g/mol. The summed E-state index contributed by atoms with van der Waals surface area (Å²) in [6, 6.07) is 12.8. The summed E-state index contributed by atoms with van der Waals surface area (Å²) >= 11 is 0. The van der Waals surface area contributed by atoms with Gasteiger partial charge in [0.1, 0.15) is 5.82 Å². The predicted molar refractivity (Wildman–Crippen MR) is 103 cm³/mol. The van der Waals surface area contributed by atoms with E-state index < -0.39 is 26.6 Å². The van der Waals surface area contributed by atoms with Crippen molar-refractivity contribution in [2.75, 3.05) is 6.54 Å². The molecule has 0 atom stereocenters. The van der Waals surface area contributed by atoms with Gasteiger partial charge in [0.2, 0.25) is 15.7 Å². The number of rotatable bonds is 8. The number of carbonyl (C=O) groups is 1. The lowest BCUT2D eigenvalue weighted by Crippen LogP contribution is -2.24. The summed E-state index contributed by atoms with van der Waals surface area (Å²) in [5.41, 5.74) is 1.67. The molecule has 0 saturated carbocycles. The molecule has 0 fully saturated rings. The first-order chi connectivity index (χ1) is 13.8. The smallest absolute Gasteiger partial charge is 0.335 e. The second kappa shape index (κ2) is 8.95. The summed E-state index contributed by atoms with van der Waals surface area (Å²) in [6.45, 7) is 2.31. The third-order valence-corrected chi connectivity index (χ3v) is 5.57.